The van der Waals surface area contributed by atoms with Gasteiger partial charge in [-0.25, -0.2) is 0 Å². The van der Waals surface area contributed by atoms with Crippen molar-refractivity contribution in [1.82, 2.24) is 15.1 Å². The Kier molecular flexibility index (Phi) is 10.3. The number of hydrogen-bond donors (Lipinski definition) is 1. The van der Waals surface area contributed by atoms with Crippen molar-refractivity contribution in [2.45, 2.75) is 25.1 Å². The van der Waals surface area contributed by atoms with E-state index in [1.165, 1.54) is 4.90 Å². The molecule has 1 aromatic rings. The fourth-order valence-corrected chi connectivity index (χ4v) is 3.31. The summed E-state index contributed by atoms with van der Waals surface area (Å²) in [6.07, 6.45) is -2.73. The average Bonchev–Trinajstić information content (AvgIpc) is 3.08. The average molecular weight is 530 g/mol. The van der Waals surface area contributed by atoms with E-state index >= 15 is 0 Å². The highest BCUT2D eigenvalue weighted by Crippen LogP contribution is 2.27. The molecular weight excluding hydrogens is 500 g/mol. The summed E-state index contributed by atoms with van der Waals surface area (Å²) in [4.78, 5) is 7.67. The summed E-state index contributed by atoms with van der Waals surface area (Å²) in [6.45, 7) is 0.638. The zero-order chi connectivity index (χ0) is 20.7. The van der Waals surface area contributed by atoms with Crippen LogP contribution in [0.4, 0.5) is 13.2 Å². The SMILES string of the molecule is CN=C(NC1CCN(CC(F)(F)F)C1)N(C)CCc1ccc(OC)c(OC)c1.I. The van der Waals surface area contributed by atoms with Crippen LogP contribution in [0.5, 0.6) is 11.5 Å². The molecule has 1 atom stereocenters. The van der Waals surface area contributed by atoms with E-state index in [1.807, 2.05) is 30.1 Å². The molecule has 1 N–H and O–H groups in total. The summed E-state index contributed by atoms with van der Waals surface area (Å²) >= 11 is 0. The van der Waals surface area contributed by atoms with Gasteiger partial charge in [0.2, 0.25) is 0 Å². The maximum Gasteiger partial charge on any atom is 0.401 e. The van der Waals surface area contributed by atoms with E-state index in [0.29, 0.717) is 43.5 Å². The van der Waals surface area contributed by atoms with Crippen LogP contribution in [0.2, 0.25) is 0 Å². The van der Waals surface area contributed by atoms with Crippen molar-refractivity contribution in [3.63, 3.8) is 0 Å². The third-order valence-corrected chi connectivity index (χ3v) is 4.77. The van der Waals surface area contributed by atoms with Crippen molar-refractivity contribution in [2.75, 3.05) is 54.5 Å². The Balaban J connectivity index is 0.00000420. The van der Waals surface area contributed by atoms with Crippen LogP contribution in [0, 0.1) is 0 Å². The van der Waals surface area contributed by atoms with Crippen LogP contribution >= 0.6 is 24.0 Å². The van der Waals surface area contributed by atoms with Gasteiger partial charge >= 0.3 is 6.18 Å². The number of likely N-dealkylation sites (N-methyl/N-ethyl adjacent to an activating group) is 1. The van der Waals surface area contributed by atoms with Crippen molar-refractivity contribution < 1.29 is 22.6 Å². The molecule has 29 heavy (non-hydrogen) atoms. The Morgan fingerprint density at radius 1 is 1.28 bits per heavy atom. The Morgan fingerprint density at radius 2 is 1.97 bits per heavy atom. The standard InChI is InChI=1S/C19H29F3N4O2.HI/c1-23-18(24-15-8-10-26(12-15)13-19(20,21)22)25(2)9-7-14-5-6-16(27-3)17(11-14)28-4;/h5-6,11,15H,7-10,12-13H2,1-4H3,(H,23,24);1H. The predicted molar refractivity (Wildman–Crippen MR) is 119 cm³/mol. The molecule has 10 heteroatoms. The third-order valence-electron chi connectivity index (χ3n) is 4.77. The van der Waals surface area contributed by atoms with E-state index < -0.39 is 12.7 Å². The first-order chi connectivity index (χ1) is 13.3. The lowest BCUT2D eigenvalue weighted by atomic mass is 10.1. The Hall–Kier alpha value is -1.43. The lowest BCUT2D eigenvalue weighted by Crippen LogP contribution is -2.46. The van der Waals surface area contributed by atoms with Crippen molar-refractivity contribution in [3.8, 4) is 11.5 Å². The Labute approximate surface area is 187 Å². The molecule has 0 radical (unpaired) electrons. The first kappa shape index (κ1) is 25.6. The number of halogens is 4. The van der Waals surface area contributed by atoms with Gasteiger partial charge < -0.3 is 19.7 Å². The number of nitrogens with zero attached hydrogens (tertiary/aromatic N) is 3. The van der Waals surface area contributed by atoms with Crippen LogP contribution in [0.25, 0.3) is 0 Å². The van der Waals surface area contributed by atoms with E-state index in [4.69, 9.17) is 9.47 Å². The maximum absolute atomic E-state index is 12.5. The number of hydrogen-bond acceptors (Lipinski definition) is 4. The predicted octanol–water partition coefficient (Wildman–Crippen LogP) is 3.01. The summed E-state index contributed by atoms with van der Waals surface area (Å²) in [5.74, 6) is 2.04. The molecule has 1 heterocycles. The van der Waals surface area contributed by atoms with E-state index in [0.717, 1.165) is 12.0 Å². The second-order valence-electron chi connectivity index (χ2n) is 6.89. The minimum atomic E-state index is -4.16. The molecule has 0 aromatic heterocycles. The van der Waals surface area contributed by atoms with E-state index in [2.05, 4.69) is 10.3 Å². The summed E-state index contributed by atoms with van der Waals surface area (Å²) < 4.78 is 48.2. The zero-order valence-corrected chi connectivity index (χ0v) is 19.6. The van der Waals surface area contributed by atoms with Crippen molar-refractivity contribution >= 4 is 29.9 Å². The molecule has 0 amide bonds. The molecule has 6 nitrogen and oxygen atoms in total. The van der Waals surface area contributed by atoms with Gasteiger partial charge in [-0.15, -0.1) is 24.0 Å². The van der Waals surface area contributed by atoms with Gasteiger partial charge in [-0.1, -0.05) is 6.07 Å². The second kappa shape index (κ2) is 11.7. The van der Waals surface area contributed by atoms with Crippen LogP contribution in [-0.4, -0.2) is 82.5 Å². The van der Waals surface area contributed by atoms with Crippen LogP contribution < -0.4 is 14.8 Å². The lowest BCUT2D eigenvalue weighted by molar-refractivity contribution is -0.143. The van der Waals surface area contributed by atoms with Crippen LogP contribution in [0.1, 0.15) is 12.0 Å². The largest absolute Gasteiger partial charge is 0.493 e. The van der Waals surface area contributed by atoms with Gasteiger partial charge in [-0.3, -0.25) is 9.89 Å². The molecule has 0 bridgehead atoms. The third kappa shape index (κ3) is 8.07. The summed E-state index contributed by atoms with van der Waals surface area (Å²) in [5, 5.41) is 3.28. The summed E-state index contributed by atoms with van der Waals surface area (Å²) in [5.41, 5.74) is 1.09. The number of nitrogens with one attached hydrogen (secondary N) is 1. The smallest absolute Gasteiger partial charge is 0.401 e. The number of benzene rings is 1. The van der Waals surface area contributed by atoms with Crippen LogP contribution in [-0.2, 0) is 6.42 Å². The number of alkyl halides is 3. The fraction of sp³-hybridized carbons (Fsp3) is 0.632. The maximum atomic E-state index is 12.5. The minimum absolute atomic E-state index is 0. The molecule has 0 spiro atoms. The topological polar surface area (TPSA) is 49.3 Å². The number of methoxy groups -OCH3 is 2. The molecule has 0 aliphatic carbocycles. The molecule has 1 aromatic carbocycles. The number of likely N-dealkylation sites (tertiary alicyclic amines) is 1. The molecule has 1 aliphatic rings. The van der Waals surface area contributed by atoms with Crippen molar-refractivity contribution in [2.24, 2.45) is 4.99 Å². The molecule has 0 saturated carbocycles. The fourth-order valence-electron chi connectivity index (χ4n) is 3.31. The number of rotatable bonds is 7. The van der Waals surface area contributed by atoms with Gasteiger partial charge in [0.05, 0.1) is 20.8 Å². The van der Waals surface area contributed by atoms with Crippen molar-refractivity contribution in [1.29, 1.82) is 0 Å². The molecule has 1 saturated heterocycles. The number of guanidine groups is 1. The lowest BCUT2D eigenvalue weighted by Gasteiger charge is -2.25. The van der Waals surface area contributed by atoms with Crippen LogP contribution in [0.3, 0.4) is 0 Å². The highest BCUT2D eigenvalue weighted by Gasteiger charge is 2.34. The van der Waals surface area contributed by atoms with Crippen LogP contribution in [0.15, 0.2) is 23.2 Å². The quantitative estimate of drug-likeness (QED) is 0.334. The first-order valence-electron chi connectivity index (χ1n) is 9.20. The minimum Gasteiger partial charge on any atom is -0.493 e. The number of aliphatic imine (C=N–C) groups is 1. The number of ether oxygens (including phenoxy) is 2. The monoisotopic (exact) mass is 530 g/mol. The van der Waals surface area contributed by atoms with Gasteiger partial charge in [0.25, 0.3) is 0 Å². The Morgan fingerprint density at radius 3 is 2.55 bits per heavy atom. The normalized spacial score (nSPS) is 17.6. The summed E-state index contributed by atoms with van der Waals surface area (Å²) in [7, 11) is 6.79. The molecule has 166 valence electrons. The van der Waals surface area contributed by atoms with Gasteiger partial charge in [0.15, 0.2) is 17.5 Å². The van der Waals surface area contributed by atoms with Gasteiger partial charge in [0.1, 0.15) is 0 Å². The zero-order valence-electron chi connectivity index (χ0n) is 17.3. The molecular formula is C19H30F3IN4O2. The van der Waals surface area contributed by atoms with Gasteiger partial charge in [-0.05, 0) is 30.5 Å². The molecule has 1 unspecified atom stereocenters. The van der Waals surface area contributed by atoms with E-state index in [1.54, 1.807) is 21.3 Å². The van der Waals surface area contributed by atoms with E-state index in [-0.39, 0.29) is 30.0 Å². The Bertz CT molecular complexity index is 673. The van der Waals surface area contributed by atoms with Gasteiger partial charge in [-0.2, -0.15) is 13.2 Å². The van der Waals surface area contributed by atoms with E-state index in [9.17, 15) is 13.2 Å². The second-order valence-corrected chi connectivity index (χ2v) is 6.89. The summed E-state index contributed by atoms with van der Waals surface area (Å²) in [6, 6.07) is 5.76. The van der Waals surface area contributed by atoms with Gasteiger partial charge in [0, 0.05) is 39.8 Å². The highest BCUT2D eigenvalue weighted by atomic mass is 127. The van der Waals surface area contributed by atoms with Crippen molar-refractivity contribution in [3.05, 3.63) is 23.8 Å². The molecule has 2 rings (SSSR count). The molecule has 1 aliphatic heterocycles. The molecule has 1 fully saturated rings. The highest BCUT2D eigenvalue weighted by molar-refractivity contribution is 14.0. The first-order valence-corrected chi connectivity index (χ1v) is 9.20.